The van der Waals surface area contributed by atoms with Gasteiger partial charge in [0.05, 0.1) is 5.56 Å². The van der Waals surface area contributed by atoms with Gasteiger partial charge in [-0.05, 0) is 36.7 Å². The maximum Gasteiger partial charge on any atom is 0.290 e. The van der Waals surface area contributed by atoms with Crippen LogP contribution in [0.15, 0.2) is 23.4 Å². The predicted octanol–water partition coefficient (Wildman–Crippen LogP) is 3.17. The monoisotopic (exact) mass is 274 g/mol. The van der Waals surface area contributed by atoms with Crippen molar-refractivity contribution in [2.45, 2.75) is 37.6 Å². The Morgan fingerprint density at radius 3 is 2.61 bits per heavy atom. The second-order valence-corrected chi connectivity index (χ2v) is 5.22. The number of hydrogen-bond donors (Lipinski definition) is 1. The van der Waals surface area contributed by atoms with Gasteiger partial charge in [0.15, 0.2) is 0 Å². The smallest absolute Gasteiger partial charge is 0.290 e. The number of halogens is 2. The molecule has 6 heteroatoms. The number of pyridine rings is 1. The molecule has 0 saturated carbocycles. The van der Waals surface area contributed by atoms with Crippen molar-refractivity contribution in [2.75, 3.05) is 0 Å². The number of carbonyl (C=O) groups excluding carboxylic acids is 1. The maximum atomic E-state index is 12.3. The Labute approximate surface area is 109 Å². The molecule has 0 aliphatic rings. The Kier molecular flexibility index (Phi) is 5.53. The predicted molar refractivity (Wildman–Crippen MR) is 67.9 cm³/mol. The van der Waals surface area contributed by atoms with Gasteiger partial charge in [0.1, 0.15) is 5.03 Å². The molecule has 0 radical (unpaired) electrons. The number of hydrogen-bond acceptors (Lipinski definition) is 3. The molecule has 0 spiro atoms. The van der Waals surface area contributed by atoms with Crippen LogP contribution in [0.2, 0.25) is 0 Å². The van der Waals surface area contributed by atoms with Crippen molar-refractivity contribution in [3.05, 3.63) is 23.9 Å². The molecule has 1 N–H and O–H groups in total. The minimum atomic E-state index is -2.59. The zero-order valence-electron chi connectivity index (χ0n) is 10.5. The summed E-state index contributed by atoms with van der Waals surface area (Å²) < 4.78 is 24.7. The summed E-state index contributed by atoms with van der Waals surface area (Å²) in [5.41, 5.74) is 0.190. The Balaban J connectivity index is 2.85. The van der Waals surface area contributed by atoms with E-state index in [2.05, 4.69) is 10.3 Å². The first kappa shape index (κ1) is 14.9. The Morgan fingerprint density at radius 2 is 2.06 bits per heavy atom. The van der Waals surface area contributed by atoms with Crippen molar-refractivity contribution < 1.29 is 13.6 Å². The van der Waals surface area contributed by atoms with Gasteiger partial charge in [0.2, 0.25) is 0 Å². The highest BCUT2D eigenvalue weighted by atomic mass is 32.2. The number of aromatic nitrogens is 1. The van der Waals surface area contributed by atoms with Crippen molar-refractivity contribution in [1.29, 1.82) is 0 Å². The average Bonchev–Trinajstić information content (AvgIpc) is 2.28. The molecule has 0 aliphatic carbocycles. The van der Waals surface area contributed by atoms with E-state index in [0.717, 1.165) is 0 Å². The first-order valence-corrected chi connectivity index (χ1v) is 6.50. The summed E-state index contributed by atoms with van der Waals surface area (Å²) in [4.78, 5) is 15.8. The number of rotatable bonds is 5. The second-order valence-electron chi connectivity index (χ2n) is 4.24. The van der Waals surface area contributed by atoms with E-state index in [-0.39, 0.29) is 40.2 Å². The third-order valence-electron chi connectivity index (χ3n) is 2.58. The highest BCUT2D eigenvalue weighted by Gasteiger charge is 2.18. The molecule has 1 heterocycles. The van der Waals surface area contributed by atoms with Crippen LogP contribution in [0.3, 0.4) is 0 Å². The van der Waals surface area contributed by atoms with Crippen molar-refractivity contribution in [1.82, 2.24) is 10.3 Å². The van der Waals surface area contributed by atoms with E-state index < -0.39 is 5.76 Å². The van der Waals surface area contributed by atoms with Crippen LogP contribution in [-0.4, -0.2) is 22.7 Å². The SMILES string of the molecule is CC(C)C(C)NC(=O)c1cccnc1SC(F)F. The summed E-state index contributed by atoms with van der Waals surface area (Å²) in [5.74, 6) is -2.68. The normalized spacial score (nSPS) is 12.8. The molecule has 1 rings (SSSR count). The van der Waals surface area contributed by atoms with Crippen molar-refractivity contribution >= 4 is 17.7 Å². The lowest BCUT2D eigenvalue weighted by Gasteiger charge is -2.18. The van der Waals surface area contributed by atoms with E-state index in [0.29, 0.717) is 0 Å². The van der Waals surface area contributed by atoms with E-state index in [1.807, 2.05) is 20.8 Å². The number of nitrogens with one attached hydrogen (secondary N) is 1. The fraction of sp³-hybridized carbons (Fsp3) is 0.500. The summed E-state index contributed by atoms with van der Waals surface area (Å²) in [6.07, 6.45) is 1.40. The zero-order chi connectivity index (χ0) is 13.7. The molecule has 0 aliphatic heterocycles. The van der Waals surface area contributed by atoms with Crippen molar-refractivity contribution in [2.24, 2.45) is 5.92 Å². The number of amides is 1. The molecule has 1 unspecified atom stereocenters. The van der Waals surface area contributed by atoms with E-state index in [4.69, 9.17) is 0 Å². The lowest BCUT2D eigenvalue weighted by atomic mass is 10.1. The minimum absolute atomic E-state index is 0.0258. The molecule has 18 heavy (non-hydrogen) atoms. The first-order chi connectivity index (χ1) is 8.41. The highest BCUT2D eigenvalue weighted by Crippen LogP contribution is 2.26. The molecule has 3 nitrogen and oxygen atoms in total. The molecule has 0 fully saturated rings. The largest absolute Gasteiger partial charge is 0.349 e. The van der Waals surface area contributed by atoms with Crippen molar-refractivity contribution in [3.63, 3.8) is 0 Å². The summed E-state index contributed by atoms with van der Waals surface area (Å²) in [6, 6.07) is 3.03. The summed E-state index contributed by atoms with van der Waals surface area (Å²) in [5, 5.41) is 2.83. The van der Waals surface area contributed by atoms with Crippen LogP contribution in [0.1, 0.15) is 31.1 Å². The van der Waals surface area contributed by atoms with Gasteiger partial charge in [-0.3, -0.25) is 4.79 Å². The molecule has 1 aromatic rings. The van der Waals surface area contributed by atoms with Gasteiger partial charge in [-0.15, -0.1) is 0 Å². The maximum absolute atomic E-state index is 12.3. The molecular weight excluding hydrogens is 258 g/mol. The van der Waals surface area contributed by atoms with Crippen LogP contribution in [0, 0.1) is 5.92 Å². The Bertz CT molecular complexity index is 413. The molecule has 1 amide bonds. The summed E-state index contributed by atoms with van der Waals surface area (Å²) in [6.45, 7) is 5.82. The quantitative estimate of drug-likeness (QED) is 0.839. The molecule has 1 aromatic heterocycles. The van der Waals surface area contributed by atoms with E-state index in [1.54, 1.807) is 6.07 Å². The van der Waals surface area contributed by atoms with Gasteiger partial charge in [-0.25, -0.2) is 4.98 Å². The van der Waals surface area contributed by atoms with Crippen LogP contribution < -0.4 is 5.32 Å². The van der Waals surface area contributed by atoms with Gasteiger partial charge in [-0.2, -0.15) is 8.78 Å². The minimum Gasteiger partial charge on any atom is -0.349 e. The molecule has 0 aromatic carbocycles. The second kappa shape index (κ2) is 6.68. The fourth-order valence-corrected chi connectivity index (χ4v) is 1.77. The molecule has 0 saturated heterocycles. The lowest BCUT2D eigenvalue weighted by molar-refractivity contribution is 0.0927. The van der Waals surface area contributed by atoms with Crippen LogP contribution >= 0.6 is 11.8 Å². The Morgan fingerprint density at radius 1 is 1.39 bits per heavy atom. The van der Waals surface area contributed by atoms with Gasteiger partial charge in [0.25, 0.3) is 11.7 Å². The standard InChI is InChI=1S/C12H16F2N2OS/c1-7(2)8(3)16-10(17)9-5-4-6-15-11(9)18-12(13)14/h4-8,12H,1-3H3,(H,16,17). The molecule has 0 bridgehead atoms. The topological polar surface area (TPSA) is 42.0 Å². The fourth-order valence-electron chi connectivity index (χ4n) is 1.19. The molecular formula is C12H16F2N2OS. The number of carbonyl (C=O) groups is 1. The number of alkyl halides is 2. The van der Waals surface area contributed by atoms with Crippen LogP contribution in [0.25, 0.3) is 0 Å². The van der Waals surface area contributed by atoms with Crippen LogP contribution in [0.4, 0.5) is 8.78 Å². The summed E-state index contributed by atoms with van der Waals surface area (Å²) in [7, 11) is 0. The average molecular weight is 274 g/mol. The number of nitrogens with zero attached hydrogens (tertiary/aromatic N) is 1. The third-order valence-corrected chi connectivity index (χ3v) is 3.30. The molecule has 1 atom stereocenters. The van der Waals surface area contributed by atoms with Gasteiger partial charge >= 0.3 is 0 Å². The summed E-state index contributed by atoms with van der Waals surface area (Å²) >= 11 is 0.284. The van der Waals surface area contributed by atoms with Crippen LogP contribution in [0.5, 0.6) is 0 Å². The lowest BCUT2D eigenvalue weighted by Crippen LogP contribution is -2.36. The van der Waals surface area contributed by atoms with E-state index in [9.17, 15) is 13.6 Å². The van der Waals surface area contributed by atoms with Gasteiger partial charge < -0.3 is 5.32 Å². The van der Waals surface area contributed by atoms with E-state index >= 15 is 0 Å². The van der Waals surface area contributed by atoms with Gasteiger partial charge in [0, 0.05) is 12.2 Å². The highest BCUT2D eigenvalue weighted by molar-refractivity contribution is 7.99. The van der Waals surface area contributed by atoms with Gasteiger partial charge in [-0.1, -0.05) is 13.8 Å². The zero-order valence-corrected chi connectivity index (χ0v) is 11.3. The van der Waals surface area contributed by atoms with Crippen molar-refractivity contribution in [3.8, 4) is 0 Å². The third kappa shape index (κ3) is 4.25. The number of thioether (sulfide) groups is 1. The first-order valence-electron chi connectivity index (χ1n) is 5.62. The molecule has 100 valence electrons. The van der Waals surface area contributed by atoms with Crippen LogP contribution in [-0.2, 0) is 0 Å². The van der Waals surface area contributed by atoms with E-state index in [1.165, 1.54) is 12.3 Å². The Hall–Kier alpha value is -1.17.